The van der Waals surface area contributed by atoms with E-state index in [0.29, 0.717) is 5.56 Å². The molecule has 0 aliphatic rings. The third kappa shape index (κ3) is 3.30. The van der Waals surface area contributed by atoms with Crippen molar-refractivity contribution >= 4 is 17.2 Å². The molecule has 104 valence electrons. The Morgan fingerprint density at radius 2 is 1.85 bits per heavy atom. The van der Waals surface area contributed by atoms with E-state index in [1.807, 2.05) is 6.92 Å². The van der Waals surface area contributed by atoms with Crippen molar-refractivity contribution in [1.29, 1.82) is 0 Å². The summed E-state index contributed by atoms with van der Waals surface area (Å²) >= 11 is 4.83. The number of benzene rings is 2. The Labute approximate surface area is 121 Å². The Balaban J connectivity index is 2.20. The van der Waals surface area contributed by atoms with Crippen LogP contribution in [0.1, 0.15) is 16.7 Å². The Kier molecular flexibility index (Phi) is 4.29. The summed E-state index contributed by atoms with van der Waals surface area (Å²) in [4.78, 5) is 0.174. The lowest BCUT2D eigenvalue weighted by Gasteiger charge is -2.10. The molecule has 5 heteroatoms. The van der Waals surface area contributed by atoms with Crippen molar-refractivity contribution in [2.45, 2.75) is 13.5 Å². The van der Waals surface area contributed by atoms with Crippen LogP contribution in [-0.2, 0) is 6.61 Å². The fraction of sp³-hybridized carbons (Fsp3) is 0.133. The van der Waals surface area contributed by atoms with Crippen molar-refractivity contribution < 1.29 is 13.5 Å². The minimum Gasteiger partial charge on any atom is -0.486 e. The van der Waals surface area contributed by atoms with Gasteiger partial charge in [0.25, 0.3) is 0 Å². The summed E-state index contributed by atoms with van der Waals surface area (Å²) in [5.41, 5.74) is 7.17. The Morgan fingerprint density at radius 1 is 1.15 bits per heavy atom. The number of hydrogen-bond acceptors (Lipinski definition) is 2. The molecule has 0 fully saturated rings. The Hall–Kier alpha value is -2.01. The largest absolute Gasteiger partial charge is 0.486 e. The van der Waals surface area contributed by atoms with Crippen LogP contribution in [0.4, 0.5) is 8.78 Å². The van der Waals surface area contributed by atoms with Gasteiger partial charge in [0.15, 0.2) is 11.6 Å². The molecule has 2 rings (SSSR count). The monoisotopic (exact) mass is 293 g/mol. The van der Waals surface area contributed by atoms with Gasteiger partial charge in [0.05, 0.1) is 0 Å². The van der Waals surface area contributed by atoms with E-state index in [9.17, 15) is 8.78 Å². The first kappa shape index (κ1) is 14.4. The van der Waals surface area contributed by atoms with E-state index in [0.717, 1.165) is 5.56 Å². The van der Waals surface area contributed by atoms with Crippen LogP contribution in [0.25, 0.3) is 0 Å². The van der Waals surface area contributed by atoms with Gasteiger partial charge in [0.2, 0.25) is 0 Å². The molecule has 0 amide bonds. The zero-order chi connectivity index (χ0) is 14.7. The molecular weight excluding hydrogens is 280 g/mol. The van der Waals surface area contributed by atoms with E-state index >= 15 is 0 Å². The van der Waals surface area contributed by atoms with E-state index in [1.165, 1.54) is 24.3 Å². The molecule has 0 aromatic heterocycles. The second-order valence-electron chi connectivity index (χ2n) is 4.39. The van der Waals surface area contributed by atoms with Crippen molar-refractivity contribution in [3.63, 3.8) is 0 Å². The SMILES string of the molecule is Cc1ccc(F)c(OCc2cc(C(N)=S)ccc2F)c1. The van der Waals surface area contributed by atoms with Crippen LogP contribution >= 0.6 is 12.2 Å². The first-order chi connectivity index (χ1) is 9.47. The zero-order valence-electron chi connectivity index (χ0n) is 10.8. The van der Waals surface area contributed by atoms with Crippen molar-refractivity contribution in [1.82, 2.24) is 0 Å². The normalized spacial score (nSPS) is 10.3. The lowest BCUT2D eigenvalue weighted by molar-refractivity contribution is 0.284. The van der Waals surface area contributed by atoms with Gasteiger partial charge < -0.3 is 10.5 Å². The second kappa shape index (κ2) is 5.96. The number of aryl methyl sites for hydroxylation is 1. The van der Waals surface area contributed by atoms with Gasteiger partial charge in [0.1, 0.15) is 17.4 Å². The quantitative estimate of drug-likeness (QED) is 0.877. The molecule has 0 atom stereocenters. The van der Waals surface area contributed by atoms with Crippen LogP contribution < -0.4 is 10.5 Å². The van der Waals surface area contributed by atoms with Gasteiger partial charge in [-0.05, 0) is 42.8 Å². The van der Waals surface area contributed by atoms with Gasteiger partial charge in [0, 0.05) is 11.1 Å². The van der Waals surface area contributed by atoms with E-state index in [2.05, 4.69) is 0 Å². The molecule has 2 aromatic carbocycles. The molecule has 0 aliphatic heterocycles. The third-order valence-corrected chi connectivity index (χ3v) is 3.04. The summed E-state index contributed by atoms with van der Waals surface area (Å²) in [6.07, 6.45) is 0. The molecule has 0 saturated heterocycles. The van der Waals surface area contributed by atoms with E-state index in [4.69, 9.17) is 22.7 Å². The van der Waals surface area contributed by atoms with E-state index in [1.54, 1.807) is 12.1 Å². The molecule has 2 N–H and O–H groups in total. The van der Waals surface area contributed by atoms with Crippen LogP contribution in [-0.4, -0.2) is 4.99 Å². The minimum absolute atomic E-state index is 0.0881. The number of rotatable bonds is 4. The molecule has 0 saturated carbocycles. The topological polar surface area (TPSA) is 35.2 Å². The molecule has 0 spiro atoms. The van der Waals surface area contributed by atoms with Gasteiger partial charge >= 0.3 is 0 Å². The van der Waals surface area contributed by atoms with Gasteiger partial charge in [-0.1, -0.05) is 18.3 Å². The van der Waals surface area contributed by atoms with Gasteiger partial charge in [-0.25, -0.2) is 8.78 Å². The average Bonchev–Trinajstić information content (AvgIpc) is 2.41. The highest BCUT2D eigenvalue weighted by atomic mass is 32.1. The molecule has 0 heterocycles. The van der Waals surface area contributed by atoms with Crippen LogP contribution in [0.2, 0.25) is 0 Å². The van der Waals surface area contributed by atoms with Crippen molar-refractivity contribution in [2.75, 3.05) is 0 Å². The molecule has 0 radical (unpaired) electrons. The average molecular weight is 293 g/mol. The van der Waals surface area contributed by atoms with Gasteiger partial charge in [-0.3, -0.25) is 0 Å². The molecule has 20 heavy (non-hydrogen) atoms. The highest BCUT2D eigenvalue weighted by Crippen LogP contribution is 2.20. The van der Waals surface area contributed by atoms with Crippen LogP contribution in [0, 0.1) is 18.6 Å². The van der Waals surface area contributed by atoms with Crippen LogP contribution in [0.5, 0.6) is 5.75 Å². The summed E-state index contributed by atoms with van der Waals surface area (Å²) in [6, 6.07) is 8.77. The predicted octanol–water partition coefficient (Wildman–Crippen LogP) is 3.49. The molecule has 2 nitrogen and oxygen atoms in total. The maximum absolute atomic E-state index is 13.7. The van der Waals surface area contributed by atoms with Crippen molar-refractivity contribution in [3.8, 4) is 5.75 Å². The van der Waals surface area contributed by atoms with E-state index in [-0.39, 0.29) is 22.9 Å². The standard InChI is InChI=1S/C15H13F2NOS/c1-9-2-4-13(17)14(6-9)19-8-11-7-10(15(18)20)3-5-12(11)16/h2-7H,8H2,1H3,(H2,18,20). The number of hydrogen-bond donors (Lipinski definition) is 1. The molecule has 2 aromatic rings. The van der Waals surface area contributed by atoms with Gasteiger partial charge in [-0.15, -0.1) is 0 Å². The molecular formula is C15H13F2NOS. The minimum atomic E-state index is -0.485. The zero-order valence-corrected chi connectivity index (χ0v) is 11.6. The maximum atomic E-state index is 13.7. The highest BCUT2D eigenvalue weighted by Gasteiger charge is 2.08. The maximum Gasteiger partial charge on any atom is 0.165 e. The Bertz CT molecular complexity index is 658. The lowest BCUT2D eigenvalue weighted by Crippen LogP contribution is -2.11. The highest BCUT2D eigenvalue weighted by molar-refractivity contribution is 7.80. The fourth-order valence-electron chi connectivity index (χ4n) is 1.72. The summed E-state index contributed by atoms with van der Waals surface area (Å²) in [6.45, 7) is 1.73. The summed E-state index contributed by atoms with van der Waals surface area (Å²) in [7, 11) is 0. The molecule has 0 unspecified atom stereocenters. The number of halogens is 2. The molecule has 0 aliphatic carbocycles. The number of thiocarbonyl (C=S) groups is 1. The first-order valence-corrected chi connectivity index (χ1v) is 6.35. The third-order valence-electron chi connectivity index (χ3n) is 2.80. The Morgan fingerprint density at radius 3 is 2.55 bits per heavy atom. The lowest BCUT2D eigenvalue weighted by atomic mass is 10.1. The van der Waals surface area contributed by atoms with E-state index < -0.39 is 11.6 Å². The first-order valence-electron chi connectivity index (χ1n) is 5.94. The smallest absolute Gasteiger partial charge is 0.165 e. The molecule has 0 bridgehead atoms. The fourth-order valence-corrected chi connectivity index (χ4v) is 1.84. The van der Waals surface area contributed by atoms with Crippen molar-refractivity contribution in [3.05, 3.63) is 64.7 Å². The van der Waals surface area contributed by atoms with Crippen LogP contribution in [0.3, 0.4) is 0 Å². The summed E-state index contributed by atoms with van der Waals surface area (Å²) in [5, 5.41) is 0. The van der Waals surface area contributed by atoms with Gasteiger partial charge in [-0.2, -0.15) is 0 Å². The summed E-state index contributed by atoms with van der Waals surface area (Å²) < 4.78 is 32.5. The van der Waals surface area contributed by atoms with Crippen molar-refractivity contribution in [2.24, 2.45) is 5.73 Å². The van der Waals surface area contributed by atoms with Crippen LogP contribution in [0.15, 0.2) is 36.4 Å². The summed E-state index contributed by atoms with van der Waals surface area (Å²) in [5.74, 6) is -0.843. The second-order valence-corrected chi connectivity index (χ2v) is 4.83. The predicted molar refractivity (Wildman–Crippen MR) is 77.8 cm³/mol. The number of nitrogens with two attached hydrogens (primary N) is 1. The number of ether oxygens (including phenoxy) is 1.